The van der Waals surface area contributed by atoms with Crippen molar-refractivity contribution in [2.24, 2.45) is 11.8 Å². The van der Waals surface area contributed by atoms with Gasteiger partial charge in [0.25, 0.3) is 0 Å². The molecule has 0 aliphatic rings. The standard InChI is InChI=1S/C25H31N3O3.C15H24O2/c1-5-7-8-18(6-2)16-31-21-13-14-22(23(29)15-21)25-27-17(3)26-24(28-25)19-9-11-20(30-4)12-10-19;1-4-6-7-13(5-2)11-17-14-9-8-12(3)15(16)10-14/h9-15,18,29H,5-8,16H2,1-4H3;8-10,13,16H,4-7,11H2,1-3H3. The van der Waals surface area contributed by atoms with Gasteiger partial charge in [0.1, 0.15) is 34.6 Å². The first-order chi connectivity index (χ1) is 23.2. The van der Waals surface area contributed by atoms with Gasteiger partial charge in [-0.1, -0.05) is 72.3 Å². The number of ether oxygens (including phenoxy) is 3. The van der Waals surface area contributed by atoms with Gasteiger partial charge in [-0.25, -0.2) is 15.0 Å². The van der Waals surface area contributed by atoms with Crippen LogP contribution in [0.5, 0.6) is 28.7 Å². The third kappa shape index (κ3) is 12.0. The number of nitrogens with zero attached hydrogens (tertiary/aromatic N) is 3. The number of benzene rings is 3. The third-order valence-corrected chi connectivity index (χ3v) is 8.54. The van der Waals surface area contributed by atoms with Gasteiger partial charge >= 0.3 is 0 Å². The number of aryl methyl sites for hydroxylation is 2. The van der Waals surface area contributed by atoms with Crippen LogP contribution in [0.25, 0.3) is 22.8 Å². The van der Waals surface area contributed by atoms with E-state index in [0.717, 1.165) is 48.5 Å². The highest BCUT2D eigenvalue weighted by atomic mass is 16.5. The zero-order valence-electron chi connectivity index (χ0n) is 30.0. The Morgan fingerprint density at radius 3 is 1.65 bits per heavy atom. The Hall–Kier alpha value is -4.33. The van der Waals surface area contributed by atoms with Crippen molar-refractivity contribution in [2.45, 2.75) is 92.9 Å². The monoisotopic (exact) mass is 657 g/mol. The van der Waals surface area contributed by atoms with Crippen molar-refractivity contribution < 1.29 is 24.4 Å². The van der Waals surface area contributed by atoms with E-state index >= 15 is 0 Å². The Morgan fingerprint density at radius 1 is 0.625 bits per heavy atom. The lowest BCUT2D eigenvalue weighted by Crippen LogP contribution is -2.11. The van der Waals surface area contributed by atoms with Crippen LogP contribution in [-0.4, -0.2) is 45.5 Å². The van der Waals surface area contributed by atoms with E-state index in [1.54, 1.807) is 25.3 Å². The molecule has 260 valence electrons. The van der Waals surface area contributed by atoms with Gasteiger partial charge in [-0.3, -0.25) is 0 Å². The Balaban J connectivity index is 0.000000311. The average molecular weight is 658 g/mol. The highest BCUT2D eigenvalue weighted by Crippen LogP contribution is 2.32. The van der Waals surface area contributed by atoms with Crippen molar-refractivity contribution in [2.75, 3.05) is 20.3 Å². The van der Waals surface area contributed by atoms with Crippen LogP contribution in [0.3, 0.4) is 0 Å². The molecule has 0 spiro atoms. The molecular weight excluding hydrogens is 602 g/mol. The van der Waals surface area contributed by atoms with Crippen LogP contribution in [-0.2, 0) is 0 Å². The number of hydrogen-bond donors (Lipinski definition) is 2. The largest absolute Gasteiger partial charge is 0.508 e. The minimum Gasteiger partial charge on any atom is -0.508 e. The molecule has 4 rings (SSSR count). The molecule has 3 aromatic carbocycles. The van der Waals surface area contributed by atoms with Crippen LogP contribution in [0.1, 0.15) is 90.4 Å². The van der Waals surface area contributed by atoms with E-state index < -0.39 is 0 Å². The van der Waals surface area contributed by atoms with Gasteiger partial charge in [0, 0.05) is 17.7 Å². The molecule has 0 aliphatic carbocycles. The summed E-state index contributed by atoms with van der Waals surface area (Å²) in [4.78, 5) is 13.5. The molecular formula is C40H55N3O5. The number of aromatic hydroxyl groups is 2. The SMILES string of the molecule is CCCCC(CC)COc1ccc(-c2nc(C)nc(-c3ccc(OC)cc3)n2)c(O)c1.CCCCC(CC)COc1ccc(C)c(O)c1. The first-order valence-electron chi connectivity index (χ1n) is 17.5. The normalized spacial score (nSPS) is 12.1. The van der Waals surface area contributed by atoms with Crippen molar-refractivity contribution in [3.8, 4) is 51.5 Å². The smallest absolute Gasteiger partial charge is 0.167 e. The Kier molecular flexibility index (Phi) is 16.0. The van der Waals surface area contributed by atoms with E-state index in [9.17, 15) is 10.2 Å². The van der Waals surface area contributed by atoms with E-state index in [-0.39, 0.29) is 5.75 Å². The maximum Gasteiger partial charge on any atom is 0.167 e. The van der Waals surface area contributed by atoms with Crippen molar-refractivity contribution in [1.82, 2.24) is 15.0 Å². The molecule has 1 aromatic heterocycles. The van der Waals surface area contributed by atoms with E-state index in [1.165, 1.54) is 32.1 Å². The number of phenols is 2. The average Bonchev–Trinajstić information content (AvgIpc) is 3.10. The number of rotatable bonds is 17. The van der Waals surface area contributed by atoms with Gasteiger partial charge < -0.3 is 24.4 Å². The molecule has 1 heterocycles. The molecule has 0 aliphatic heterocycles. The van der Waals surface area contributed by atoms with Crippen LogP contribution in [0.15, 0.2) is 60.7 Å². The highest BCUT2D eigenvalue weighted by Gasteiger charge is 2.14. The van der Waals surface area contributed by atoms with Crippen LogP contribution in [0, 0.1) is 25.7 Å². The second-order valence-electron chi connectivity index (χ2n) is 12.3. The molecule has 0 amide bonds. The molecule has 48 heavy (non-hydrogen) atoms. The summed E-state index contributed by atoms with van der Waals surface area (Å²) in [6.45, 7) is 13.9. The topological polar surface area (TPSA) is 107 Å². The highest BCUT2D eigenvalue weighted by molar-refractivity contribution is 5.67. The van der Waals surface area contributed by atoms with Crippen molar-refractivity contribution >= 4 is 0 Å². The fraction of sp³-hybridized carbons (Fsp3) is 0.475. The molecule has 0 saturated carbocycles. The van der Waals surface area contributed by atoms with E-state index in [1.807, 2.05) is 56.3 Å². The zero-order valence-corrected chi connectivity index (χ0v) is 30.0. The fourth-order valence-electron chi connectivity index (χ4n) is 5.17. The molecule has 8 heteroatoms. The number of hydrogen-bond acceptors (Lipinski definition) is 8. The molecule has 0 fully saturated rings. The maximum absolute atomic E-state index is 10.6. The lowest BCUT2D eigenvalue weighted by atomic mass is 10.0. The number of methoxy groups -OCH3 is 1. The first-order valence-corrected chi connectivity index (χ1v) is 17.5. The van der Waals surface area contributed by atoms with Gasteiger partial charge in [-0.05, 0) is 86.6 Å². The molecule has 2 unspecified atom stereocenters. The van der Waals surface area contributed by atoms with Gasteiger partial charge in [-0.15, -0.1) is 0 Å². The summed E-state index contributed by atoms with van der Waals surface area (Å²) >= 11 is 0. The first kappa shape index (κ1) is 38.1. The summed E-state index contributed by atoms with van der Waals surface area (Å²) in [5.74, 6) is 5.29. The Labute approximate surface area is 287 Å². The maximum atomic E-state index is 10.6. The van der Waals surface area contributed by atoms with Gasteiger partial charge in [0.15, 0.2) is 11.6 Å². The predicted octanol–water partition coefficient (Wildman–Crippen LogP) is 10.1. The molecule has 0 bridgehead atoms. The Morgan fingerprint density at radius 2 is 1.15 bits per heavy atom. The lowest BCUT2D eigenvalue weighted by Gasteiger charge is -2.16. The van der Waals surface area contributed by atoms with Gasteiger partial charge in [0.2, 0.25) is 0 Å². The van der Waals surface area contributed by atoms with Crippen LogP contribution in [0.4, 0.5) is 0 Å². The minimum atomic E-state index is 0.0883. The summed E-state index contributed by atoms with van der Waals surface area (Å²) in [6, 6.07) is 18.3. The summed E-state index contributed by atoms with van der Waals surface area (Å²) in [6.07, 6.45) is 9.53. The zero-order chi connectivity index (χ0) is 34.9. The third-order valence-electron chi connectivity index (χ3n) is 8.54. The molecule has 2 atom stereocenters. The Bertz CT molecular complexity index is 1530. The molecule has 0 radical (unpaired) electrons. The van der Waals surface area contributed by atoms with Crippen molar-refractivity contribution in [1.29, 1.82) is 0 Å². The minimum absolute atomic E-state index is 0.0883. The van der Waals surface area contributed by atoms with Gasteiger partial charge in [0.05, 0.1) is 25.9 Å². The van der Waals surface area contributed by atoms with E-state index in [2.05, 4.69) is 42.6 Å². The summed E-state index contributed by atoms with van der Waals surface area (Å²) in [7, 11) is 1.63. The van der Waals surface area contributed by atoms with E-state index in [0.29, 0.717) is 53.0 Å². The van der Waals surface area contributed by atoms with Crippen LogP contribution < -0.4 is 14.2 Å². The van der Waals surface area contributed by atoms with Crippen molar-refractivity contribution in [3.63, 3.8) is 0 Å². The summed E-state index contributed by atoms with van der Waals surface area (Å²) in [5, 5.41) is 20.2. The van der Waals surface area contributed by atoms with E-state index in [4.69, 9.17) is 14.2 Å². The fourth-order valence-corrected chi connectivity index (χ4v) is 5.17. The quantitative estimate of drug-likeness (QED) is 0.116. The van der Waals surface area contributed by atoms with Crippen molar-refractivity contribution in [3.05, 3.63) is 72.1 Å². The molecule has 2 N–H and O–H groups in total. The summed E-state index contributed by atoms with van der Waals surface area (Å²) < 4.78 is 16.9. The number of aromatic nitrogens is 3. The lowest BCUT2D eigenvalue weighted by molar-refractivity contribution is 0.232. The van der Waals surface area contributed by atoms with Crippen LogP contribution >= 0.6 is 0 Å². The second-order valence-corrected chi connectivity index (χ2v) is 12.3. The molecule has 0 saturated heterocycles. The number of phenolic OH excluding ortho intramolecular Hbond substituents is 2. The van der Waals surface area contributed by atoms with Gasteiger partial charge in [-0.2, -0.15) is 0 Å². The summed E-state index contributed by atoms with van der Waals surface area (Å²) in [5.41, 5.74) is 2.28. The second kappa shape index (κ2) is 20.1. The molecule has 8 nitrogen and oxygen atoms in total. The molecule has 4 aromatic rings. The number of unbranched alkanes of at least 4 members (excludes halogenated alkanes) is 2. The van der Waals surface area contributed by atoms with Crippen LogP contribution in [0.2, 0.25) is 0 Å². The predicted molar refractivity (Wildman–Crippen MR) is 194 cm³/mol.